The highest BCUT2D eigenvalue weighted by Gasteiger charge is 2.22. The minimum absolute atomic E-state index is 0.0393. The minimum atomic E-state index is -0.419. The zero-order valence-corrected chi connectivity index (χ0v) is 19.0. The molecule has 0 radical (unpaired) electrons. The van der Waals surface area contributed by atoms with Crippen LogP contribution in [0.2, 0.25) is 0 Å². The van der Waals surface area contributed by atoms with Gasteiger partial charge in [-0.2, -0.15) is 0 Å². The van der Waals surface area contributed by atoms with Gasteiger partial charge in [-0.05, 0) is 38.1 Å². The lowest BCUT2D eigenvalue weighted by Crippen LogP contribution is -2.49. The van der Waals surface area contributed by atoms with Gasteiger partial charge < -0.3 is 29.2 Å². The zero-order chi connectivity index (χ0) is 22.8. The number of ether oxygens (including phenoxy) is 1. The molecule has 1 amide bonds. The summed E-state index contributed by atoms with van der Waals surface area (Å²) in [6.45, 7) is 6.73. The van der Waals surface area contributed by atoms with Gasteiger partial charge in [0.05, 0.1) is 24.1 Å². The molecule has 1 aromatic carbocycles. The maximum absolute atomic E-state index is 13.0. The van der Waals surface area contributed by atoms with E-state index in [-0.39, 0.29) is 11.2 Å². The van der Waals surface area contributed by atoms with E-state index < -0.39 is 5.91 Å². The van der Waals surface area contributed by atoms with Crippen molar-refractivity contribution in [3.05, 3.63) is 56.9 Å². The molecule has 0 unspecified atom stereocenters. The number of anilines is 2. The summed E-state index contributed by atoms with van der Waals surface area (Å²) in [5.74, 6) is -0.380. The monoisotopic (exact) mass is 450 g/mol. The third kappa shape index (κ3) is 4.67. The van der Waals surface area contributed by atoms with E-state index >= 15 is 0 Å². The molecule has 0 saturated carbocycles. The van der Waals surface area contributed by atoms with Crippen LogP contribution in [0.15, 0.2) is 39.5 Å². The number of nitrogens with one attached hydrogen (secondary N) is 1. The molecule has 8 nitrogen and oxygen atoms in total. The Morgan fingerprint density at radius 3 is 2.58 bits per heavy atom. The lowest BCUT2D eigenvalue weighted by Gasteiger charge is -2.35. The topological polar surface area (TPSA) is 78.3 Å². The number of nitrogens with zero attached hydrogens (tertiary/aromatic N) is 3. The van der Waals surface area contributed by atoms with Gasteiger partial charge in [0.2, 0.25) is 0 Å². The lowest BCUT2D eigenvalue weighted by atomic mass is 10.1. The average molecular weight is 451 g/mol. The van der Waals surface area contributed by atoms with Gasteiger partial charge >= 0.3 is 0 Å². The van der Waals surface area contributed by atoms with Gasteiger partial charge in [0.25, 0.3) is 5.91 Å². The Kier molecular flexibility index (Phi) is 6.20. The molecule has 174 valence electrons. The van der Waals surface area contributed by atoms with Crippen LogP contribution in [0, 0.1) is 0 Å². The smallest absolute Gasteiger partial charge is 0.291 e. The molecule has 3 aliphatic rings. The highest BCUT2D eigenvalue weighted by atomic mass is 16.5. The van der Waals surface area contributed by atoms with Crippen LogP contribution >= 0.6 is 0 Å². The summed E-state index contributed by atoms with van der Waals surface area (Å²) in [5.41, 5.74) is 3.10. The second-order valence-corrected chi connectivity index (χ2v) is 8.80. The summed E-state index contributed by atoms with van der Waals surface area (Å²) in [6.07, 6.45) is 3.54. The molecule has 33 heavy (non-hydrogen) atoms. The molecule has 1 aromatic heterocycles. The fraction of sp³-hybridized carbons (Fsp3) is 0.440. The van der Waals surface area contributed by atoms with Gasteiger partial charge in [0.1, 0.15) is 0 Å². The summed E-state index contributed by atoms with van der Waals surface area (Å²) in [5, 5.41) is 3.47. The first-order valence-electron chi connectivity index (χ1n) is 11.6. The largest absolute Gasteiger partial charge is 0.449 e. The number of carbonyl (C=O) groups is 1. The van der Waals surface area contributed by atoms with Crippen molar-refractivity contribution in [2.45, 2.75) is 12.8 Å². The van der Waals surface area contributed by atoms with Gasteiger partial charge in [-0.3, -0.25) is 9.59 Å². The number of carbonyl (C=O) groups excluding carboxylic acids is 1. The van der Waals surface area contributed by atoms with Crippen LogP contribution in [-0.2, 0) is 4.74 Å². The predicted octanol–water partition coefficient (Wildman–Crippen LogP) is 0.659. The number of rotatable bonds is 4. The molecule has 2 aliphatic heterocycles. The first-order chi connectivity index (χ1) is 16.1. The minimum Gasteiger partial charge on any atom is -0.449 e. The molecule has 1 N–H and O–H groups in total. The third-order valence-corrected chi connectivity index (χ3v) is 6.57. The quantitative estimate of drug-likeness (QED) is 0.733. The van der Waals surface area contributed by atoms with E-state index in [1.807, 2.05) is 30.3 Å². The number of fused-ring (bicyclic) bond motifs is 1. The Labute approximate surface area is 192 Å². The van der Waals surface area contributed by atoms with E-state index in [9.17, 15) is 9.59 Å². The Bertz CT molecular complexity index is 1210. The van der Waals surface area contributed by atoms with Crippen LogP contribution in [0.3, 0.4) is 0 Å². The van der Waals surface area contributed by atoms with Crippen molar-refractivity contribution < 1.29 is 13.9 Å². The SMILES string of the molecule is CN1CCN(C2=c3oc(C(=O)Nc4cccc(N5CCOCC5)c4)cc(=O)c3=CCC2)CC1. The van der Waals surface area contributed by atoms with Gasteiger partial charge in [-0.1, -0.05) is 12.1 Å². The van der Waals surface area contributed by atoms with Crippen molar-refractivity contribution >= 4 is 29.1 Å². The first kappa shape index (κ1) is 21.7. The van der Waals surface area contributed by atoms with Gasteiger partial charge in [0, 0.05) is 56.7 Å². The van der Waals surface area contributed by atoms with Crippen molar-refractivity contribution in [3.8, 4) is 0 Å². The van der Waals surface area contributed by atoms with Crippen LogP contribution in [0.4, 0.5) is 11.4 Å². The molecule has 2 saturated heterocycles. The molecular weight excluding hydrogens is 420 g/mol. The van der Waals surface area contributed by atoms with E-state index in [1.54, 1.807) is 0 Å². The zero-order valence-electron chi connectivity index (χ0n) is 19.0. The summed E-state index contributed by atoms with van der Waals surface area (Å²) in [7, 11) is 2.11. The normalized spacial score (nSPS) is 19.1. The van der Waals surface area contributed by atoms with E-state index in [0.717, 1.165) is 63.5 Å². The lowest BCUT2D eigenvalue weighted by molar-refractivity contribution is 0.0991. The first-order valence-corrected chi connectivity index (χ1v) is 11.6. The Morgan fingerprint density at radius 2 is 1.79 bits per heavy atom. The van der Waals surface area contributed by atoms with Crippen LogP contribution in [0.25, 0.3) is 11.8 Å². The number of morpholine rings is 1. The molecule has 0 atom stereocenters. The van der Waals surface area contributed by atoms with Crippen molar-refractivity contribution in [2.24, 2.45) is 0 Å². The summed E-state index contributed by atoms with van der Waals surface area (Å²) >= 11 is 0. The van der Waals surface area contributed by atoms with Gasteiger partial charge in [-0.25, -0.2) is 0 Å². The third-order valence-electron chi connectivity index (χ3n) is 6.57. The van der Waals surface area contributed by atoms with Crippen LogP contribution in [-0.4, -0.2) is 75.2 Å². The number of amides is 1. The summed E-state index contributed by atoms with van der Waals surface area (Å²) < 4.78 is 11.5. The van der Waals surface area contributed by atoms with E-state index in [1.165, 1.54) is 6.07 Å². The molecule has 2 aromatic rings. The number of likely N-dealkylation sites (N-methyl/N-ethyl adjacent to an activating group) is 1. The number of piperazine rings is 1. The highest BCUT2D eigenvalue weighted by molar-refractivity contribution is 6.02. The number of hydrogen-bond donors (Lipinski definition) is 1. The molecule has 0 spiro atoms. The molecule has 8 heteroatoms. The van der Waals surface area contributed by atoms with Gasteiger partial charge in [-0.15, -0.1) is 0 Å². The molecule has 3 heterocycles. The fourth-order valence-electron chi connectivity index (χ4n) is 4.66. The van der Waals surface area contributed by atoms with Crippen LogP contribution in [0.5, 0.6) is 0 Å². The van der Waals surface area contributed by atoms with E-state index in [2.05, 4.69) is 27.1 Å². The highest BCUT2D eigenvalue weighted by Crippen LogP contribution is 2.21. The van der Waals surface area contributed by atoms with Crippen LogP contribution < -0.4 is 26.3 Å². The second kappa shape index (κ2) is 9.41. The molecule has 5 rings (SSSR count). The fourth-order valence-corrected chi connectivity index (χ4v) is 4.66. The molecule has 2 fully saturated rings. The molecular formula is C25H30N4O4. The van der Waals surface area contributed by atoms with E-state index in [4.69, 9.17) is 9.15 Å². The maximum atomic E-state index is 13.0. The van der Waals surface area contributed by atoms with Crippen molar-refractivity contribution in [1.29, 1.82) is 0 Å². The second-order valence-electron chi connectivity index (χ2n) is 8.80. The molecule has 0 bridgehead atoms. The van der Waals surface area contributed by atoms with E-state index in [0.29, 0.717) is 29.5 Å². The summed E-state index contributed by atoms with van der Waals surface area (Å²) in [6, 6.07) is 9.03. The molecule has 1 aliphatic carbocycles. The van der Waals surface area contributed by atoms with Crippen molar-refractivity contribution in [3.63, 3.8) is 0 Å². The maximum Gasteiger partial charge on any atom is 0.291 e. The average Bonchev–Trinajstić information content (AvgIpc) is 2.85. The Balaban J connectivity index is 1.43. The summed E-state index contributed by atoms with van der Waals surface area (Å²) in [4.78, 5) is 32.7. The predicted molar refractivity (Wildman–Crippen MR) is 128 cm³/mol. The van der Waals surface area contributed by atoms with Crippen molar-refractivity contribution in [2.75, 3.05) is 69.7 Å². The van der Waals surface area contributed by atoms with Gasteiger partial charge in [0.15, 0.2) is 16.6 Å². The Morgan fingerprint density at radius 1 is 1.00 bits per heavy atom. The van der Waals surface area contributed by atoms with Crippen molar-refractivity contribution in [1.82, 2.24) is 9.80 Å². The number of benzene rings is 1. The van der Waals surface area contributed by atoms with Crippen LogP contribution in [0.1, 0.15) is 23.4 Å². The number of hydrogen-bond acceptors (Lipinski definition) is 7. The Hall–Kier alpha value is -3.10. The standard InChI is InChI=1S/C25H30N4O4/c1-27-8-10-29(11-9-27)21-7-3-6-20-22(30)17-23(33-24(20)21)25(31)26-18-4-2-5-19(16-18)28-12-14-32-15-13-28/h2,4-6,16-17H,3,7-15H2,1H3,(H,26,31).